The largest absolute Gasteiger partial charge is 0.297 e. The van der Waals surface area contributed by atoms with Crippen LogP contribution in [0, 0.1) is 0 Å². The molecule has 0 atom stereocenters. The zero-order valence-electron chi connectivity index (χ0n) is 7.81. The molecule has 0 aliphatic carbocycles. The first-order valence-corrected chi connectivity index (χ1v) is 6.63. The second kappa shape index (κ2) is 5.19. The number of rotatable bonds is 3. The summed E-state index contributed by atoms with van der Waals surface area (Å²) in [5.74, 6) is 0. The van der Waals surface area contributed by atoms with Crippen molar-refractivity contribution < 1.29 is 4.79 Å². The number of hydrogen-bond acceptors (Lipinski definition) is 4. The van der Waals surface area contributed by atoms with Crippen LogP contribution in [0.1, 0.15) is 9.67 Å². The van der Waals surface area contributed by atoms with Crippen LogP contribution < -0.4 is 0 Å². The maximum atomic E-state index is 10.6. The predicted octanol–water partition coefficient (Wildman–Crippen LogP) is 4.41. The molecule has 0 saturated carbocycles. The molecule has 0 aliphatic rings. The van der Waals surface area contributed by atoms with Crippen molar-refractivity contribution in [2.45, 2.75) is 9.24 Å². The maximum Gasteiger partial charge on any atom is 0.163 e. The minimum atomic E-state index is 0.254. The van der Waals surface area contributed by atoms with E-state index in [-0.39, 0.29) is 5.15 Å². The Kier molecular flexibility index (Phi) is 3.86. The number of benzene rings is 1. The van der Waals surface area contributed by atoms with Gasteiger partial charge in [-0.25, -0.2) is 4.98 Å². The zero-order chi connectivity index (χ0) is 11.5. The second-order valence-corrected chi connectivity index (χ2v) is 5.96. The molecular weight excluding hydrogens is 285 g/mol. The van der Waals surface area contributed by atoms with Crippen molar-refractivity contribution in [3.05, 3.63) is 39.3 Å². The summed E-state index contributed by atoms with van der Waals surface area (Å²) in [6.45, 7) is 0. The lowest BCUT2D eigenvalue weighted by atomic mass is 10.4. The Balaban J connectivity index is 2.23. The highest BCUT2D eigenvalue weighted by Gasteiger charge is 2.09. The Morgan fingerprint density at radius 2 is 2.19 bits per heavy atom. The molecule has 0 fully saturated rings. The van der Waals surface area contributed by atoms with Gasteiger partial charge in [0.2, 0.25) is 0 Å². The first-order valence-electron chi connectivity index (χ1n) is 4.24. The number of hydrogen-bond donors (Lipinski definition) is 0. The fraction of sp³-hybridized carbons (Fsp3) is 0. The van der Waals surface area contributed by atoms with E-state index in [4.69, 9.17) is 23.2 Å². The van der Waals surface area contributed by atoms with Gasteiger partial charge in [0.25, 0.3) is 0 Å². The summed E-state index contributed by atoms with van der Waals surface area (Å²) in [7, 11) is 0. The topological polar surface area (TPSA) is 30.0 Å². The number of halogens is 2. The van der Waals surface area contributed by atoms with Gasteiger partial charge in [0.1, 0.15) is 4.88 Å². The Labute approximate surface area is 111 Å². The van der Waals surface area contributed by atoms with Gasteiger partial charge < -0.3 is 0 Å². The van der Waals surface area contributed by atoms with E-state index in [1.54, 1.807) is 6.07 Å². The highest BCUT2D eigenvalue weighted by Crippen LogP contribution is 2.34. The molecule has 0 unspecified atom stereocenters. The van der Waals surface area contributed by atoms with Gasteiger partial charge in [0, 0.05) is 9.92 Å². The average molecular weight is 290 g/mol. The molecule has 0 aliphatic heterocycles. The molecule has 0 radical (unpaired) electrons. The fourth-order valence-corrected chi connectivity index (χ4v) is 3.54. The molecule has 1 aromatic heterocycles. The first-order chi connectivity index (χ1) is 7.69. The molecule has 0 N–H and O–H groups in total. The molecule has 82 valence electrons. The van der Waals surface area contributed by atoms with Crippen molar-refractivity contribution in [3.63, 3.8) is 0 Å². The molecule has 2 nitrogen and oxygen atoms in total. The van der Waals surface area contributed by atoms with E-state index < -0.39 is 0 Å². The summed E-state index contributed by atoms with van der Waals surface area (Å²) in [5, 5.41) is 0.924. The second-order valence-electron chi connectivity index (χ2n) is 2.81. The van der Waals surface area contributed by atoms with Crippen LogP contribution in [0.5, 0.6) is 0 Å². The van der Waals surface area contributed by atoms with Crippen molar-refractivity contribution >= 4 is 52.6 Å². The van der Waals surface area contributed by atoms with E-state index in [1.165, 1.54) is 23.1 Å². The smallest absolute Gasteiger partial charge is 0.163 e. The van der Waals surface area contributed by atoms with Crippen LogP contribution in [0.15, 0.2) is 33.5 Å². The van der Waals surface area contributed by atoms with Crippen LogP contribution >= 0.6 is 46.3 Å². The standard InChI is InChI=1S/C10H5Cl2NOS2/c11-6-2-1-3-7(4-6)15-10-13-9(12)8(5-14)16-10/h1-5H. The molecule has 0 amide bonds. The van der Waals surface area contributed by atoms with E-state index in [0.29, 0.717) is 16.2 Å². The van der Waals surface area contributed by atoms with Crippen molar-refractivity contribution in [3.8, 4) is 0 Å². The fourth-order valence-electron chi connectivity index (χ4n) is 1.04. The van der Waals surface area contributed by atoms with Crippen LogP contribution in [0.25, 0.3) is 0 Å². The quantitative estimate of drug-likeness (QED) is 0.784. The number of carbonyl (C=O) groups is 1. The number of carbonyl (C=O) groups excluding carboxylic acids is 1. The summed E-state index contributed by atoms with van der Waals surface area (Å²) in [5.41, 5.74) is 0. The lowest BCUT2D eigenvalue weighted by molar-refractivity contribution is 0.112. The lowest BCUT2D eigenvalue weighted by Crippen LogP contribution is -1.72. The highest BCUT2D eigenvalue weighted by molar-refractivity contribution is 8.01. The third-order valence-electron chi connectivity index (χ3n) is 1.70. The minimum Gasteiger partial charge on any atom is -0.297 e. The van der Waals surface area contributed by atoms with Gasteiger partial charge in [-0.1, -0.05) is 41.0 Å². The van der Waals surface area contributed by atoms with Crippen molar-refractivity contribution in [1.29, 1.82) is 0 Å². The van der Waals surface area contributed by atoms with E-state index in [9.17, 15) is 4.79 Å². The molecule has 1 aromatic carbocycles. The number of aromatic nitrogens is 1. The van der Waals surface area contributed by atoms with Crippen LogP contribution in [0.3, 0.4) is 0 Å². The number of nitrogens with zero attached hydrogens (tertiary/aromatic N) is 1. The molecule has 16 heavy (non-hydrogen) atoms. The molecule has 1 heterocycles. The Hall–Kier alpha value is -0.550. The summed E-state index contributed by atoms with van der Waals surface area (Å²) < 4.78 is 0.731. The molecule has 0 spiro atoms. The predicted molar refractivity (Wildman–Crippen MR) is 68.1 cm³/mol. The summed E-state index contributed by atoms with van der Waals surface area (Å²) in [6.07, 6.45) is 0.710. The maximum absolute atomic E-state index is 10.6. The van der Waals surface area contributed by atoms with Crippen LogP contribution in [-0.4, -0.2) is 11.3 Å². The Morgan fingerprint density at radius 1 is 1.38 bits per heavy atom. The van der Waals surface area contributed by atoms with E-state index >= 15 is 0 Å². The van der Waals surface area contributed by atoms with Gasteiger partial charge in [-0.05, 0) is 18.2 Å². The van der Waals surface area contributed by atoms with E-state index in [2.05, 4.69) is 4.98 Å². The van der Waals surface area contributed by atoms with Gasteiger partial charge in [-0.3, -0.25) is 4.79 Å². The third-order valence-corrected chi connectivity index (χ3v) is 4.36. The van der Waals surface area contributed by atoms with E-state index in [0.717, 1.165) is 9.24 Å². The van der Waals surface area contributed by atoms with Crippen LogP contribution in [0.2, 0.25) is 10.2 Å². The Morgan fingerprint density at radius 3 is 2.81 bits per heavy atom. The van der Waals surface area contributed by atoms with Gasteiger partial charge >= 0.3 is 0 Å². The van der Waals surface area contributed by atoms with Crippen LogP contribution in [-0.2, 0) is 0 Å². The Bertz CT molecular complexity index is 527. The average Bonchev–Trinajstić information content (AvgIpc) is 2.58. The highest BCUT2D eigenvalue weighted by atomic mass is 35.5. The van der Waals surface area contributed by atoms with Gasteiger partial charge in [-0.15, -0.1) is 11.3 Å². The van der Waals surface area contributed by atoms with Crippen LogP contribution in [0.4, 0.5) is 0 Å². The SMILES string of the molecule is O=Cc1sc(Sc2cccc(Cl)c2)nc1Cl. The number of aldehydes is 1. The molecular formula is C10H5Cl2NOS2. The summed E-state index contributed by atoms with van der Waals surface area (Å²) in [4.78, 5) is 16.1. The molecule has 2 rings (SSSR count). The molecule has 6 heteroatoms. The number of thiazole rings is 1. The summed E-state index contributed by atoms with van der Waals surface area (Å²) >= 11 is 14.3. The van der Waals surface area contributed by atoms with E-state index in [1.807, 2.05) is 18.2 Å². The molecule has 0 bridgehead atoms. The van der Waals surface area contributed by atoms with Crippen molar-refractivity contribution in [2.24, 2.45) is 0 Å². The zero-order valence-corrected chi connectivity index (χ0v) is 11.0. The lowest BCUT2D eigenvalue weighted by Gasteiger charge is -1.96. The van der Waals surface area contributed by atoms with Gasteiger partial charge in [0.15, 0.2) is 15.8 Å². The first kappa shape index (κ1) is 11.9. The molecule has 0 saturated heterocycles. The van der Waals surface area contributed by atoms with Crippen molar-refractivity contribution in [1.82, 2.24) is 4.98 Å². The molecule has 2 aromatic rings. The third kappa shape index (κ3) is 2.77. The summed E-state index contributed by atoms with van der Waals surface area (Å²) in [6, 6.07) is 7.42. The minimum absolute atomic E-state index is 0.254. The van der Waals surface area contributed by atoms with Gasteiger partial charge in [-0.2, -0.15) is 0 Å². The van der Waals surface area contributed by atoms with Crippen molar-refractivity contribution in [2.75, 3.05) is 0 Å². The van der Waals surface area contributed by atoms with Gasteiger partial charge in [0.05, 0.1) is 0 Å². The monoisotopic (exact) mass is 289 g/mol. The normalized spacial score (nSPS) is 10.4.